The summed E-state index contributed by atoms with van der Waals surface area (Å²) in [7, 11) is 0. The smallest absolute Gasteiger partial charge is 0.410 e. The van der Waals surface area contributed by atoms with Crippen molar-refractivity contribution in [1.82, 2.24) is 10.2 Å². The average Bonchev–Trinajstić information content (AvgIpc) is 3.26. The maximum atomic E-state index is 12.7. The van der Waals surface area contributed by atoms with Crippen molar-refractivity contribution in [2.24, 2.45) is 4.99 Å². The quantitative estimate of drug-likeness (QED) is 0.168. The number of unbranched alkanes of at least 4 members (excludes halogenated alkanes) is 1. The van der Waals surface area contributed by atoms with Gasteiger partial charge in [-0.15, -0.1) is 11.8 Å². The number of ether oxygens (including phenoxy) is 4. The number of benzene rings is 1. The molecule has 0 saturated carbocycles. The Labute approximate surface area is 253 Å². The second-order valence-electron chi connectivity index (χ2n) is 12.2. The molecule has 0 unspecified atom stereocenters. The summed E-state index contributed by atoms with van der Waals surface area (Å²) in [6.07, 6.45) is 0.977. The molecular weight excluding hydrogens is 562 g/mol. The van der Waals surface area contributed by atoms with Gasteiger partial charge in [0.15, 0.2) is 5.54 Å². The van der Waals surface area contributed by atoms with Gasteiger partial charge in [0.25, 0.3) is 0 Å². The number of hydrogen-bond donors (Lipinski definition) is 2. The van der Waals surface area contributed by atoms with Gasteiger partial charge < -0.3 is 34.3 Å². The number of thioether (sulfide) groups is 1. The van der Waals surface area contributed by atoms with Gasteiger partial charge in [0.1, 0.15) is 27.7 Å². The van der Waals surface area contributed by atoms with Crippen LogP contribution in [-0.4, -0.2) is 88.5 Å². The van der Waals surface area contributed by atoms with E-state index >= 15 is 0 Å². The van der Waals surface area contributed by atoms with E-state index in [0.717, 1.165) is 0 Å². The van der Waals surface area contributed by atoms with E-state index in [1.54, 1.807) is 51.7 Å². The van der Waals surface area contributed by atoms with E-state index in [4.69, 9.17) is 18.9 Å². The molecule has 2 rings (SSSR count). The van der Waals surface area contributed by atoms with E-state index in [0.29, 0.717) is 67.6 Å². The number of aromatic hydroxyl groups is 1. The van der Waals surface area contributed by atoms with Gasteiger partial charge in [-0.25, -0.2) is 14.4 Å². The van der Waals surface area contributed by atoms with Crippen LogP contribution < -0.4 is 10.1 Å². The topological polar surface area (TPSA) is 136 Å². The van der Waals surface area contributed by atoms with Crippen molar-refractivity contribution in [3.63, 3.8) is 0 Å². The number of nitrogens with one attached hydrogen (secondary N) is 1. The van der Waals surface area contributed by atoms with Crippen molar-refractivity contribution in [3.8, 4) is 11.5 Å². The van der Waals surface area contributed by atoms with Gasteiger partial charge in [-0.3, -0.25) is 4.99 Å². The largest absolute Gasteiger partial charge is 0.507 e. The maximum Gasteiger partial charge on any atom is 0.410 e. The van der Waals surface area contributed by atoms with Crippen LogP contribution in [0.1, 0.15) is 80.2 Å². The van der Waals surface area contributed by atoms with Crippen LogP contribution in [0.15, 0.2) is 23.2 Å². The fourth-order valence-corrected chi connectivity index (χ4v) is 4.99. The average molecular weight is 610 g/mol. The molecule has 0 aromatic heterocycles. The summed E-state index contributed by atoms with van der Waals surface area (Å²) in [5.41, 5.74) is -1.64. The lowest BCUT2D eigenvalue weighted by Gasteiger charge is -2.27. The number of alkyl carbamates (subject to hydrolysis) is 1. The molecule has 1 heterocycles. The van der Waals surface area contributed by atoms with Crippen molar-refractivity contribution < 1.29 is 38.4 Å². The van der Waals surface area contributed by atoms with E-state index < -0.39 is 28.9 Å². The number of phenolic OH excluding ortho intramolecular Hbond substituents is 1. The second-order valence-corrected chi connectivity index (χ2v) is 13.1. The van der Waals surface area contributed by atoms with Gasteiger partial charge in [0.2, 0.25) is 0 Å². The number of rotatable bonds is 13. The van der Waals surface area contributed by atoms with Crippen LogP contribution in [-0.2, 0) is 19.0 Å². The fraction of sp³-hybridized carbons (Fsp3) is 0.667. The van der Waals surface area contributed by atoms with Gasteiger partial charge in [0.05, 0.1) is 13.2 Å². The zero-order valence-electron chi connectivity index (χ0n) is 26.2. The summed E-state index contributed by atoms with van der Waals surface area (Å²) in [6.45, 7) is 16.2. The van der Waals surface area contributed by atoms with Crippen LogP contribution in [0.25, 0.3) is 0 Å². The molecule has 1 atom stereocenters. The molecule has 1 aromatic carbocycles. The van der Waals surface area contributed by atoms with Crippen LogP contribution >= 0.6 is 11.8 Å². The molecule has 0 radical (unpaired) electrons. The molecule has 2 amide bonds. The highest BCUT2D eigenvalue weighted by molar-refractivity contribution is 8.14. The summed E-state index contributed by atoms with van der Waals surface area (Å²) in [5, 5.41) is 13.9. The number of carbonyl (C=O) groups is 3. The SMILES string of the molecule is CCOC(=O)[C@@]1(C)CSC(c2ccc(OCCCCN(CCCNC(=O)OC(C)(C)C)C(=O)OC(C)(C)C)cc2O)=N1. The molecule has 236 valence electrons. The van der Waals surface area contributed by atoms with Crippen molar-refractivity contribution in [1.29, 1.82) is 0 Å². The van der Waals surface area contributed by atoms with Crippen molar-refractivity contribution in [2.75, 3.05) is 38.6 Å². The van der Waals surface area contributed by atoms with E-state index in [9.17, 15) is 19.5 Å². The van der Waals surface area contributed by atoms with Gasteiger partial charge >= 0.3 is 18.2 Å². The predicted octanol–water partition coefficient (Wildman–Crippen LogP) is 5.52. The molecule has 42 heavy (non-hydrogen) atoms. The first-order valence-corrected chi connectivity index (χ1v) is 15.3. The van der Waals surface area contributed by atoms with E-state index in [1.165, 1.54) is 17.8 Å². The summed E-state index contributed by atoms with van der Waals surface area (Å²) in [5.74, 6) is 0.585. The third kappa shape index (κ3) is 12.0. The second kappa shape index (κ2) is 15.4. The Morgan fingerprint density at radius 1 is 1.05 bits per heavy atom. The lowest BCUT2D eigenvalue weighted by molar-refractivity contribution is -0.147. The van der Waals surface area contributed by atoms with Gasteiger partial charge in [-0.05, 0) is 86.8 Å². The first-order chi connectivity index (χ1) is 19.5. The van der Waals surface area contributed by atoms with Crippen molar-refractivity contribution in [3.05, 3.63) is 23.8 Å². The third-order valence-corrected chi connectivity index (χ3v) is 7.06. The Morgan fingerprint density at radius 3 is 2.33 bits per heavy atom. The molecule has 1 aliphatic heterocycles. The van der Waals surface area contributed by atoms with Crippen molar-refractivity contribution >= 4 is 35.0 Å². The molecule has 0 fully saturated rings. The van der Waals surface area contributed by atoms with Crippen LogP contribution in [0.3, 0.4) is 0 Å². The Bertz CT molecular complexity index is 1110. The van der Waals surface area contributed by atoms with Gasteiger partial charge in [0, 0.05) is 37.0 Å². The summed E-state index contributed by atoms with van der Waals surface area (Å²) >= 11 is 1.40. The number of phenols is 1. The number of hydrogen-bond acceptors (Lipinski definition) is 10. The van der Waals surface area contributed by atoms with Crippen LogP contribution in [0.5, 0.6) is 11.5 Å². The number of esters is 1. The molecule has 0 aliphatic carbocycles. The lowest BCUT2D eigenvalue weighted by atomic mass is 10.1. The Balaban J connectivity index is 1.85. The van der Waals surface area contributed by atoms with Crippen LogP contribution in [0, 0.1) is 0 Å². The molecular formula is C30H47N3O8S. The molecule has 11 nitrogen and oxygen atoms in total. The molecule has 1 aliphatic rings. The zero-order valence-corrected chi connectivity index (χ0v) is 27.0. The lowest BCUT2D eigenvalue weighted by Crippen LogP contribution is -2.39. The normalized spacial score (nSPS) is 16.8. The fourth-order valence-electron chi connectivity index (χ4n) is 3.80. The van der Waals surface area contributed by atoms with Gasteiger partial charge in [-0.2, -0.15) is 0 Å². The third-order valence-electron chi connectivity index (χ3n) is 5.77. The highest BCUT2D eigenvalue weighted by Crippen LogP contribution is 2.36. The van der Waals surface area contributed by atoms with E-state index in [-0.39, 0.29) is 18.3 Å². The first kappa shape index (κ1) is 35.0. The summed E-state index contributed by atoms with van der Waals surface area (Å²) in [4.78, 5) is 43.0. The number of carbonyl (C=O) groups excluding carboxylic acids is 3. The molecule has 0 bridgehead atoms. The molecule has 12 heteroatoms. The number of nitrogens with zero attached hydrogens (tertiary/aromatic N) is 2. The molecule has 0 spiro atoms. The van der Waals surface area contributed by atoms with E-state index in [2.05, 4.69) is 10.3 Å². The van der Waals surface area contributed by atoms with Crippen molar-refractivity contribution in [2.45, 2.75) is 91.4 Å². The predicted molar refractivity (Wildman–Crippen MR) is 164 cm³/mol. The number of aliphatic imine (C=N–C) groups is 1. The van der Waals surface area contributed by atoms with Crippen LogP contribution in [0.4, 0.5) is 9.59 Å². The Hall–Kier alpha value is -3.15. The van der Waals surface area contributed by atoms with Gasteiger partial charge in [-0.1, -0.05) is 0 Å². The molecule has 2 N–H and O–H groups in total. The maximum absolute atomic E-state index is 12.7. The summed E-state index contributed by atoms with van der Waals surface area (Å²) in [6, 6.07) is 5.01. The summed E-state index contributed by atoms with van der Waals surface area (Å²) < 4.78 is 21.8. The minimum atomic E-state index is -0.973. The number of amides is 2. The first-order valence-electron chi connectivity index (χ1n) is 14.3. The Morgan fingerprint density at radius 2 is 1.71 bits per heavy atom. The minimum Gasteiger partial charge on any atom is -0.507 e. The minimum absolute atomic E-state index is 0.0166. The molecule has 0 saturated heterocycles. The highest BCUT2D eigenvalue weighted by Gasteiger charge is 2.40. The molecule has 1 aromatic rings. The highest BCUT2D eigenvalue weighted by atomic mass is 32.2. The monoisotopic (exact) mass is 609 g/mol. The van der Waals surface area contributed by atoms with Crippen LogP contribution in [0.2, 0.25) is 0 Å². The zero-order chi connectivity index (χ0) is 31.6. The standard InChI is InChI=1S/C30H47N3O8S/c1-9-38-25(35)30(8)20-42-24(32-30)22-14-13-21(19-23(22)34)39-18-11-10-16-33(27(37)41-29(5,6)7)17-12-15-31-26(36)40-28(2,3)4/h13-14,19,34H,9-12,15-18,20H2,1-8H3,(H,31,36)/t30-/m1/s1. The Kier molecular flexibility index (Phi) is 12.8. The van der Waals surface area contributed by atoms with E-state index in [1.807, 2.05) is 20.8 Å².